The molecule has 2 aromatic carbocycles. The predicted octanol–water partition coefficient (Wildman–Crippen LogP) is 6.88. The molecule has 218 valence electrons. The predicted molar refractivity (Wildman–Crippen MR) is 168 cm³/mol. The molecule has 3 aromatic rings. The molecule has 41 heavy (non-hydrogen) atoms. The second-order valence-corrected chi connectivity index (χ2v) is 12.4. The van der Waals surface area contributed by atoms with Crippen LogP contribution in [0.5, 0.6) is 0 Å². The van der Waals surface area contributed by atoms with Gasteiger partial charge in [-0.05, 0) is 106 Å². The Morgan fingerprint density at radius 1 is 0.902 bits per heavy atom. The molecule has 0 bridgehead atoms. The van der Waals surface area contributed by atoms with E-state index in [0.29, 0.717) is 16.6 Å². The number of rotatable bonds is 8. The lowest BCUT2D eigenvalue weighted by atomic mass is 9.93. The summed E-state index contributed by atoms with van der Waals surface area (Å²) in [5.74, 6) is 2.23. The highest BCUT2D eigenvalue weighted by Gasteiger charge is 2.24. The van der Waals surface area contributed by atoms with Crippen LogP contribution in [0.4, 0.5) is 22.2 Å². The number of amides is 2. The fraction of sp³-hybridized carbons (Fsp3) is 0.516. The number of anilines is 3. The summed E-state index contributed by atoms with van der Waals surface area (Å²) in [7, 11) is 0. The average molecular weight is 597 g/mol. The Kier molecular flexibility index (Phi) is 8.98. The van der Waals surface area contributed by atoms with E-state index in [9.17, 15) is 4.79 Å². The number of aromatic nitrogens is 2. The van der Waals surface area contributed by atoms with Gasteiger partial charge in [0.25, 0.3) is 0 Å². The van der Waals surface area contributed by atoms with E-state index >= 15 is 0 Å². The summed E-state index contributed by atoms with van der Waals surface area (Å²) < 4.78 is 0. The van der Waals surface area contributed by atoms with Gasteiger partial charge in [-0.3, -0.25) is 0 Å². The fourth-order valence-corrected chi connectivity index (χ4v) is 6.71. The van der Waals surface area contributed by atoms with E-state index in [0.717, 1.165) is 78.9 Å². The molecule has 3 fully saturated rings. The molecule has 2 N–H and O–H groups in total. The van der Waals surface area contributed by atoms with Crippen molar-refractivity contribution in [1.29, 1.82) is 0 Å². The van der Waals surface area contributed by atoms with E-state index in [1.54, 1.807) is 6.07 Å². The lowest BCUT2D eigenvalue weighted by Crippen LogP contribution is -2.36. The van der Waals surface area contributed by atoms with Crippen molar-refractivity contribution in [2.24, 2.45) is 5.92 Å². The molecule has 8 nitrogen and oxygen atoms in total. The summed E-state index contributed by atoms with van der Waals surface area (Å²) in [5.41, 5.74) is 2.51. The van der Waals surface area contributed by atoms with Gasteiger partial charge < -0.3 is 25.3 Å². The first-order valence-corrected chi connectivity index (χ1v) is 15.8. The molecule has 0 atom stereocenters. The number of halogens is 2. The topological polar surface area (TPSA) is 76.6 Å². The van der Waals surface area contributed by atoms with Crippen molar-refractivity contribution in [3.8, 4) is 0 Å². The van der Waals surface area contributed by atoms with E-state index in [-0.39, 0.29) is 6.03 Å². The molecule has 0 unspecified atom stereocenters. The first-order valence-electron chi connectivity index (χ1n) is 15.0. The molecule has 4 heterocycles. The number of likely N-dealkylation sites (tertiary alicyclic amines) is 2. The summed E-state index contributed by atoms with van der Waals surface area (Å²) >= 11 is 12.6. The highest BCUT2D eigenvalue weighted by molar-refractivity contribution is 6.35. The second kappa shape index (κ2) is 13.0. The monoisotopic (exact) mass is 595 g/mol. The van der Waals surface area contributed by atoms with Gasteiger partial charge in [-0.25, -0.2) is 9.78 Å². The van der Waals surface area contributed by atoms with Crippen molar-refractivity contribution in [2.45, 2.75) is 51.5 Å². The summed E-state index contributed by atoms with van der Waals surface area (Å²) in [5, 5.41) is 8.64. The number of hydrogen-bond acceptors (Lipinski definition) is 6. The van der Waals surface area contributed by atoms with Gasteiger partial charge >= 0.3 is 6.03 Å². The lowest BCUT2D eigenvalue weighted by molar-refractivity contribution is 0.222. The van der Waals surface area contributed by atoms with Gasteiger partial charge in [-0.15, -0.1) is 0 Å². The largest absolute Gasteiger partial charge is 0.365 e. The van der Waals surface area contributed by atoms with E-state index in [2.05, 4.69) is 20.4 Å². The van der Waals surface area contributed by atoms with Gasteiger partial charge in [0.1, 0.15) is 5.82 Å². The van der Waals surface area contributed by atoms with E-state index in [1.807, 2.05) is 35.2 Å². The number of carbonyl (C=O) groups excluding carboxylic acids is 1. The van der Waals surface area contributed by atoms with Gasteiger partial charge in [-0.2, -0.15) is 4.98 Å². The number of urea groups is 1. The molecular weight excluding hydrogens is 557 g/mol. The highest BCUT2D eigenvalue weighted by Crippen LogP contribution is 2.31. The van der Waals surface area contributed by atoms with Crippen LogP contribution in [-0.4, -0.2) is 71.6 Å². The minimum Gasteiger partial charge on any atom is -0.365 e. The van der Waals surface area contributed by atoms with Crippen LogP contribution in [0.15, 0.2) is 36.4 Å². The van der Waals surface area contributed by atoms with Gasteiger partial charge in [0.05, 0.1) is 5.52 Å². The number of piperidine rings is 1. The molecule has 0 saturated carbocycles. The van der Waals surface area contributed by atoms with Crippen LogP contribution in [0, 0.1) is 5.92 Å². The van der Waals surface area contributed by atoms with Crippen LogP contribution in [0.25, 0.3) is 10.9 Å². The summed E-state index contributed by atoms with van der Waals surface area (Å²) in [4.78, 5) is 29.5. The molecule has 0 aliphatic carbocycles. The molecule has 1 aromatic heterocycles. The Labute approximate surface area is 252 Å². The van der Waals surface area contributed by atoms with Gasteiger partial charge in [0.2, 0.25) is 5.95 Å². The van der Waals surface area contributed by atoms with Crippen LogP contribution in [0.2, 0.25) is 10.0 Å². The molecular formula is C31H39Cl2N7O. The Bertz CT molecular complexity index is 1370. The minimum absolute atomic E-state index is 0.0607. The van der Waals surface area contributed by atoms with Crippen LogP contribution >= 0.6 is 23.2 Å². The zero-order valence-electron chi connectivity index (χ0n) is 23.5. The minimum atomic E-state index is -0.0607. The molecule has 6 rings (SSSR count). The molecule has 3 aliphatic rings. The zero-order chi connectivity index (χ0) is 28.2. The Morgan fingerprint density at radius 2 is 1.66 bits per heavy atom. The number of nitrogens with one attached hydrogen (secondary N) is 2. The molecule has 2 amide bonds. The maximum absolute atomic E-state index is 12.8. The molecule has 3 saturated heterocycles. The molecule has 3 aliphatic heterocycles. The lowest BCUT2D eigenvalue weighted by Gasteiger charge is -2.33. The number of nitrogens with zero attached hydrogens (tertiary/aromatic N) is 5. The Morgan fingerprint density at radius 3 is 2.41 bits per heavy atom. The quantitative estimate of drug-likeness (QED) is 0.295. The highest BCUT2D eigenvalue weighted by atomic mass is 35.5. The van der Waals surface area contributed by atoms with Crippen LogP contribution in [0.3, 0.4) is 0 Å². The Balaban J connectivity index is 1.20. The third kappa shape index (κ3) is 6.99. The van der Waals surface area contributed by atoms with Crippen molar-refractivity contribution in [1.82, 2.24) is 19.8 Å². The standard InChI is InChI=1S/C31H39Cl2N7O/c32-24-6-5-23(27(33)19-24)21-34-29-26-20-25(35-31(41)40-14-3-4-15-40)7-8-28(26)36-30(37-29)39-17-10-22(11-18-39)9-16-38-12-1-2-13-38/h5-8,19-20,22H,1-4,9-18,21H2,(H,35,41)(H,34,36,37). The van der Waals surface area contributed by atoms with E-state index in [4.69, 9.17) is 33.2 Å². The maximum Gasteiger partial charge on any atom is 0.321 e. The first-order chi connectivity index (χ1) is 20.0. The average Bonchev–Trinajstić information content (AvgIpc) is 3.71. The normalized spacial score (nSPS) is 18.4. The van der Waals surface area contributed by atoms with E-state index in [1.165, 1.54) is 51.7 Å². The van der Waals surface area contributed by atoms with Gasteiger partial charge in [-0.1, -0.05) is 29.3 Å². The second-order valence-electron chi connectivity index (χ2n) is 11.6. The maximum atomic E-state index is 12.8. The first kappa shape index (κ1) is 28.3. The molecule has 10 heteroatoms. The number of fused-ring (bicyclic) bond motifs is 1. The third-order valence-corrected chi connectivity index (χ3v) is 9.33. The van der Waals surface area contributed by atoms with Crippen molar-refractivity contribution in [3.05, 3.63) is 52.0 Å². The fourth-order valence-electron chi connectivity index (χ4n) is 6.23. The van der Waals surface area contributed by atoms with Crippen molar-refractivity contribution in [2.75, 3.05) is 61.3 Å². The SMILES string of the molecule is O=C(Nc1ccc2nc(N3CCC(CCN4CCCC4)CC3)nc(NCc3ccc(Cl)cc3Cl)c2c1)N1CCCC1. The zero-order valence-corrected chi connectivity index (χ0v) is 25.1. The van der Waals surface area contributed by atoms with Gasteiger partial charge in [0.15, 0.2) is 0 Å². The summed E-state index contributed by atoms with van der Waals surface area (Å²) in [6.45, 7) is 7.78. The van der Waals surface area contributed by atoms with Crippen LogP contribution < -0.4 is 15.5 Å². The van der Waals surface area contributed by atoms with E-state index < -0.39 is 0 Å². The molecule has 0 spiro atoms. The van der Waals surface area contributed by atoms with Crippen molar-refractivity contribution < 1.29 is 4.79 Å². The number of carbonyl (C=O) groups is 1. The van der Waals surface area contributed by atoms with Gasteiger partial charge in [0, 0.05) is 53.8 Å². The third-order valence-electron chi connectivity index (χ3n) is 8.74. The van der Waals surface area contributed by atoms with Crippen LogP contribution in [-0.2, 0) is 6.54 Å². The van der Waals surface area contributed by atoms with Crippen LogP contribution in [0.1, 0.15) is 50.5 Å². The summed E-state index contributed by atoms with van der Waals surface area (Å²) in [6, 6.07) is 11.3. The number of hydrogen-bond donors (Lipinski definition) is 2. The van der Waals surface area contributed by atoms with Crippen molar-refractivity contribution >= 4 is 57.6 Å². The number of benzene rings is 2. The van der Waals surface area contributed by atoms with Crippen molar-refractivity contribution in [3.63, 3.8) is 0 Å². The smallest absolute Gasteiger partial charge is 0.321 e. The summed E-state index contributed by atoms with van der Waals surface area (Å²) in [6.07, 6.45) is 8.43. The Hall–Kier alpha value is -2.81. The molecule has 0 radical (unpaired) electrons.